The van der Waals surface area contributed by atoms with Gasteiger partial charge in [0.2, 0.25) is 0 Å². The third kappa shape index (κ3) is 4.75. The molecule has 5 nitrogen and oxygen atoms in total. The predicted octanol–water partition coefficient (Wildman–Crippen LogP) is 6.51. The van der Waals surface area contributed by atoms with Gasteiger partial charge in [0.05, 0.1) is 16.8 Å². The first-order chi connectivity index (χ1) is 15.7. The van der Waals surface area contributed by atoms with Crippen molar-refractivity contribution in [2.75, 3.05) is 5.32 Å². The number of nitrogens with zero attached hydrogens (tertiary/aromatic N) is 1. The molecule has 0 aliphatic heterocycles. The number of benzene rings is 3. The molecule has 4 rings (SSSR count). The van der Waals surface area contributed by atoms with E-state index in [1.807, 2.05) is 26.0 Å². The monoisotopic (exact) mass is 510 g/mol. The molecule has 0 saturated heterocycles. The zero-order chi connectivity index (χ0) is 23.7. The van der Waals surface area contributed by atoms with Crippen molar-refractivity contribution in [1.82, 2.24) is 4.98 Å². The molecule has 0 aliphatic rings. The number of hydrogen-bond donors (Lipinski definition) is 1. The molecule has 1 heterocycles. The van der Waals surface area contributed by atoms with Crippen LogP contribution in [0, 0.1) is 25.5 Å². The van der Waals surface area contributed by atoms with Gasteiger partial charge in [0, 0.05) is 22.1 Å². The SMILES string of the molecule is Cc1cc2nccc(Oc3ccc(C(=O)C(=O)Nc4ccc(Br)cc4F)c(F)c3)c2cc1C. The van der Waals surface area contributed by atoms with Gasteiger partial charge in [-0.25, -0.2) is 8.78 Å². The molecule has 33 heavy (non-hydrogen) atoms. The number of ketones is 1. The second-order valence-electron chi connectivity index (χ2n) is 7.41. The number of aromatic nitrogens is 1. The van der Waals surface area contributed by atoms with E-state index in [4.69, 9.17) is 4.74 Å². The summed E-state index contributed by atoms with van der Waals surface area (Å²) in [7, 11) is 0. The number of nitrogens with one attached hydrogen (secondary N) is 1. The number of pyridine rings is 1. The summed E-state index contributed by atoms with van der Waals surface area (Å²) in [5.41, 5.74) is 2.23. The van der Waals surface area contributed by atoms with E-state index in [1.54, 1.807) is 12.3 Å². The molecule has 3 aromatic carbocycles. The van der Waals surface area contributed by atoms with Crippen molar-refractivity contribution in [1.29, 1.82) is 0 Å². The van der Waals surface area contributed by atoms with Gasteiger partial charge >= 0.3 is 0 Å². The van der Waals surface area contributed by atoms with Crippen LogP contribution in [0.25, 0.3) is 10.9 Å². The highest BCUT2D eigenvalue weighted by Gasteiger charge is 2.22. The Hall–Kier alpha value is -3.65. The number of ether oxygens (including phenoxy) is 1. The third-order valence-corrected chi connectivity index (χ3v) is 5.61. The van der Waals surface area contributed by atoms with Gasteiger partial charge < -0.3 is 10.1 Å². The van der Waals surface area contributed by atoms with E-state index in [2.05, 4.69) is 26.2 Å². The summed E-state index contributed by atoms with van der Waals surface area (Å²) in [6.45, 7) is 3.95. The number of amides is 1. The van der Waals surface area contributed by atoms with Crippen LogP contribution in [0.1, 0.15) is 21.5 Å². The lowest BCUT2D eigenvalue weighted by atomic mass is 10.1. The van der Waals surface area contributed by atoms with E-state index >= 15 is 0 Å². The molecule has 4 aromatic rings. The van der Waals surface area contributed by atoms with Crippen molar-refractivity contribution >= 4 is 44.2 Å². The number of carbonyl (C=O) groups excluding carboxylic acids is 2. The van der Waals surface area contributed by atoms with E-state index in [0.29, 0.717) is 10.2 Å². The van der Waals surface area contributed by atoms with Crippen LogP contribution in [0.3, 0.4) is 0 Å². The Balaban J connectivity index is 1.56. The molecule has 0 saturated carbocycles. The minimum Gasteiger partial charge on any atom is -0.456 e. The number of rotatable bonds is 5. The van der Waals surface area contributed by atoms with Crippen LogP contribution in [0.2, 0.25) is 0 Å². The van der Waals surface area contributed by atoms with Gasteiger partial charge in [-0.1, -0.05) is 15.9 Å². The minimum absolute atomic E-state index is 0.147. The molecular formula is C25H17BrF2N2O3. The van der Waals surface area contributed by atoms with Crippen molar-refractivity contribution in [3.8, 4) is 11.5 Å². The zero-order valence-corrected chi connectivity index (χ0v) is 19.2. The van der Waals surface area contributed by atoms with Crippen molar-refractivity contribution < 1.29 is 23.1 Å². The quantitative estimate of drug-likeness (QED) is 0.245. The summed E-state index contributed by atoms with van der Waals surface area (Å²) in [6, 6.07) is 13.0. The summed E-state index contributed by atoms with van der Waals surface area (Å²) >= 11 is 3.10. The first-order valence-corrected chi connectivity index (χ1v) is 10.7. The number of Topliss-reactive ketones (excluding diaryl/α,β-unsaturated/α-hetero) is 1. The number of carbonyl (C=O) groups is 2. The molecule has 8 heteroatoms. The summed E-state index contributed by atoms with van der Waals surface area (Å²) in [4.78, 5) is 29.0. The fourth-order valence-electron chi connectivity index (χ4n) is 3.23. The Morgan fingerprint density at radius 3 is 2.42 bits per heavy atom. The number of hydrogen-bond acceptors (Lipinski definition) is 4. The normalized spacial score (nSPS) is 10.8. The zero-order valence-electron chi connectivity index (χ0n) is 17.6. The number of fused-ring (bicyclic) bond motifs is 1. The Morgan fingerprint density at radius 1 is 0.939 bits per heavy atom. The van der Waals surface area contributed by atoms with Gasteiger partial charge in [0.1, 0.15) is 23.1 Å². The lowest BCUT2D eigenvalue weighted by Crippen LogP contribution is -2.24. The first kappa shape index (κ1) is 22.5. The van der Waals surface area contributed by atoms with Crippen LogP contribution in [0.5, 0.6) is 11.5 Å². The molecule has 1 aromatic heterocycles. The highest BCUT2D eigenvalue weighted by atomic mass is 79.9. The summed E-state index contributed by atoms with van der Waals surface area (Å²) in [5, 5.41) is 2.92. The fraction of sp³-hybridized carbons (Fsp3) is 0.0800. The molecular weight excluding hydrogens is 494 g/mol. The van der Waals surface area contributed by atoms with Gasteiger partial charge in [-0.05, 0) is 73.5 Å². The minimum atomic E-state index is -1.16. The van der Waals surface area contributed by atoms with E-state index in [9.17, 15) is 18.4 Å². The average molecular weight is 511 g/mol. The van der Waals surface area contributed by atoms with Gasteiger partial charge in [-0.15, -0.1) is 0 Å². The first-order valence-electron chi connectivity index (χ1n) is 9.87. The van der Waals surface area contributed by atoms with Gasteiger partial charge in [0.25, 0.3) is 11.7 Å². The summed E-state index contributed by atoms with van der Waals surface area (Å²) < 4.78 is 34.9. The Kier molecular flexibility index (Phi) is 6.20. The maximum atomic E-state index is 14.7. The summed E-state index contributed by atoms with van der Waals surface area (Å²) in [6.07, 6.45) is 1.59. The molecule has 0 aliphatic carbocycles. The molecule has 0 atom stereocenters. The van der Waals surface area contributed by atoms with Crippen LogP contribution in [0.4, 0.5) is 14.5 Å². The number of anilines is 1. The van der Waals surface area contributed by atoms with Gasteiger partial charge in [0.15, 0.2) is 0 Å². The Morgan fingerprint density at radius 2 is 1.70 bits per heavy atom. The van der Waals surface area contributed by atoms with E-state index in [0.717, 1.165) is 40.2 Å². The number of aryl methyl sites for hydroxylation is 2. The summed E-state index contributed by atoms with van der Waals surface area (Å²) in [5.74, 6) is -3.34. The van der Waals surface area contributed by atoms with Crippen LogP contribution >= 0.6 is 15.9 Å². The largest absolute Gasteiger partial charge is 0.456 e. The van der Waals surface area contributed by atoms with Crippen molar-refractivity contribution in [2.24, 2.45) is 0 Å². The maximum absolute atomic E-state index is 14.7. The predicted molar refractivity (Wildman–Crippen MR) is 125 cm³/mol. The maximum Gasteiger partial charge on any atom is 0.296 e. The van der Waals surface area contributed by atoms with Gasteiger partial charge in [-0.2, -0.15) is 0 Å². The highest BCUT2D eigenvalue weighted by Crippen LogP contribution is 2.31. The van der Waals surface area contributed by atoms with Crippen LogP contribution in [0.15, 0.2) is 65.3 Å². The molecule has 166 valence electrons. The molecule has 1 N–H and O–H groups in total. The number of halogens is 3. The Bertz CT molecular complexity index is 1420. The van der Waals surface area contributed by atoms with Gasteiger partial charge in [-0.3, -0.25) is 14.6 Å². The van der Waals surface area contributed by atoms with Crippen LogP contribution in [-0.2, 0) is 4.79 Å². The molecule has 1 amide bonds. The molecule has 0 bridgehead atoms. The molecule has 0 fully saturated rings. The standard InChI is InChI=1S/C25H17BrF2N2O3/c1-13-9-18-22(10-14(13)2)29-8-7-23(18)33-16-4-5-17(19(27)12-16)24(31)25(32)30-21-6-3-15(26)11-20(21)28/h3-12H,1-2H3,(H,30,32). The second-order valence-corrected chi connectivity index (χ2v) is 8.33. The molecule has 0 unspecified atom stereocenters. The van der Waals surface area contributed by atoms with Crippen LogP contribution in [-0.4, -0.2) is 16.7 Å². The van der Waals surface area contributed by atoms with E-state index in [1.165, 1.54) is 18.2 Å². The van der Waals surface area contributed by atoms with E-state index < -0.39 is 28.9 Å². The van der Waals surface area contributed by atoms with Crippen molar-refractivity contribution in [3.05, 3.63) is 93.6 Å². The average Bonchev–Trinajstić information content (AvgIpc) is 2.76. The molecule has 0 spiro atoms. The lowest BCUT2D eigenvalue weighted by Gasteiger charge is -2.11. The molecule has 0 radical (unpaired) electrons. The lowest BCUT2D eigenvalue weighted by molar-refractivity contribution is -0.112. The van der Waals surface area contributed by atoms with Crippen molar-refractivity contribution in [2.45, 2.75) is 13.8 Å². The Labute approximate surface area is 196 Å². The van der Waals surface area contributed by atoms with Crippen LogP contribution < -0.4 is 10.1 Å². The fourth-order valence-corrected chi connectivity index (χ4v) is 3.56. The highest BCUT2D eigenvalue weighted by molar-refractivity contribution is 9.10. The van der Waals surface area contributed by atoms with Crippen molar-refractivity contribution in [3.63, 3.8) is 0 Å². The third-order valence-electron chi connectivity index (χ3n) is 5.12. The smallest absolute Gasteiger partial charge is 0.296 e. The second kappa shape index (κ2) is 9.07. The topological polar surface area (TPSA) is 68.3 Å². The van der Waals surface area contributed by atoms with E-state index in [-0.39, 0.29) is 11.4 Å².